The summed E-state index contributed by atoms with van der Waals surface area (Å²) < 4.78 is 0. The van der Waals surface area contributed by atoms with Crippen LogP contribution in [0, 0.1) is 5.41 Å². The molecule has 2 heteroatoms. The zero-order chi connectivity index (χ0) is 13.6. The van der Waals surface area contributed by atoms with Gasteiger partial charge in [-0.3, -0.25) is 0 Å². The van der Waals surface area contributed by atoms with Crippen molar-refractivity contribution in [3.05, 3.63) is 0 Å². The van der Waals surface area contributed by atoms with Gasteiger partial charge in [0.15, 0.2) is 0 Å². The highest BCUT2D eigenvalue weighted by molar-refractivity contribution is 4.85. The molecule has 1 fully saturated rings. The number of hydrogen-bond donors (Lipinski definition) is 1. The van der Waals surface area contributed by atoms with Crippen LogP contribution in [0.1, 0.15) is 66.7 Å². The lowest BCUT2D eigenvalue weighted by Crippen LogP contribution is -2.39. The van der Waals surface area contributed by atoms with Gasteiger partial charge in [0, 0.05) is 25.2 Å². The fourth-order valence-electron chi connectivity index (χ4n) is 3.12. The Balaban J connectivity index is 2.26. The predicted octanol–water partition coefficient (Wildman–Crippen LogP) is 3.67. The van der Waals surface area contributed by atoms with Crippen molar-refractivity contribution >= 4 is 0 Å². The average molecular weight is 254 g/mol. The molecule has 0 aromatic carbocycles. The first kappa shape index (κ1) is 16.0. The van der Waals surface area contributed by atoms with Crippen molar-refractivity contribution in [3.8, 4) is 0 Å². The first-order valence-electron chi connectivity index (χ1n) is 7.91. The highest BCUT2D eigenvalue weighted by Crippen LogP contribution is 2.26. The lowest BCUT2D eigenvalue weighted by molar-refractivity contribution is 0.189. The maximum atomic E-state index is 3.67. The second-order valence-corrected chi connectivity index (χ2v) is 7.16. The summed E-state index contributed by atoms with van der Waals surface area (Å²) in [4.78, 5) is 2.66. The van der Waals surface area contributed by atoms with Gasteiger partial charge in [0.05, 0.1) is 0 Å². The minimum absolute atomic E-state index is 0.488. The summed E-state index contributed by atoms with van der Waals surface area (Å²) in [6, 6.07) is 1.34. The van der Waals surface area contributed by atoms with Gasteiger partial charge in [0.2, 0.25) is 0 Å². The topological polar surface area (TPSA) is 15.3 Å². The largest absolute Gasteiger partial charge is 0.310 e. The third-order valence-electron chi connectivity index (χ3n) is 3.95. The average Bonchev–Trinajstić information content (AvgIpc) is 2.63. The van der Waals surface area contributed by atoms with E-state index in [2.05, 4.69) is 44.8 Å². The molecule has 0 saturated carbocycles. The second kappa shape index (κ2) is 7.49. The molecule has 18 heavy (non-hydrogen) atoms. The van der Waals surface area contributed by atoms with Crippen molar-refractivity contribution < 1.29 is 0 Å². The van der Waals surface area contributed by atoms with Crippen LogP contribution in [0.25, 0.3) is 0 Å². The molecule has 1 saturated heterocycles. The Labute approximate surface area is 115 Å². The number of unbranched alkanes of at least 4 members (excludes halogenated alkanes) is 2. The van der Waals surface area contributed by atoms with Gasteiger partial charge in [-0.25, -0.2) is 0 Å². The van der Waals surface area contributed by atoms with Crippen molar-refractivity contribution in [1.82, 2.24) is 10.2 Å². The molecular weight excluding hydrogens is 220 g/mol. The van der Waals surface area contributed by atoms with E-state index in [-0.39, 0.29) is 0 Å². The molecule has 0 aromatic heterocycles. The highest BCUT2D eigenvalue weighted by atomic mass is 15.2. The van der Waals surface area contributed by atoms with Gasteiger partial charge in [0.25, 0.3) is 0 Å². The van der Waals surface area contributed by atoms with E-state index in [1.807, 2.05) is 0 Å². The molecule has 0 radical (unpaired) electrons. The molecule has 1 heterocycles. The van der Waals surface area contributed by atoms with E-state index in [9.17, 15) is 0 Å². The van der Waals surface area contributed by atoms with Crippen LogP contribution in [0.3, 0.4) is 0 Å². The maximum absolute atomic E-state index is 3.67. The minimum Gasteiger partial charge on any atom is -0.310 e. The molecule has 2 nitrogen and oxygen atoms in total. The monoisotopic (exact) mass is 254 g/mol. The molecule has 0 spiro atoms. The Morgan fingerprint density at radius 3 is 2.61 bits per heavy atom. The summed E-state index contributed by atoms with van der Waals surface area (Å²) >= 11 is 0. The number of likely N-dealkylation sites (tertiary alicyclic amines) is 1. The fraction of sp³-hybridized carbons (Fsp3) is 1.00. The van der Waals surface area contributed by atoms with Gasteiger partial charge < -0.3 is 10.2 Å². The molecule has 0 aliphatic carbocycles. The first-order chi connectivity index (χ1) is 8.43. The van der Waals surface area contributed by atoms with Gasteiger partial charge in [0.1, 0.15) is 0 Å². The molecule has 0 amide bonds. The van der Waals surface area contributed by atoms with Crippen LogP contribution >= 0.6 is 0 Å². The van der Waals surface area contributed by atoms with Gasteiger partial charge in [-0.05, 0) is 24.8 Å². The van der Waals surface area contributed by atoms with Crippen LogP contribution in [0.2, 0.25) is 0 Å². The lowest BCUT2D eigenvalue weighted by atomic mass is 9.86. The summed E-state index contributed by atoms with van der Waals surface area (Å²) in [6.07, 6.45) is 6.81. The van der Waals surface area contributed by atoms with Crippen molar-refractivity contribution in [3.63, 3.8) is 0 Å². The molecule has 1 N–H and O–H groups in total. The first-order valence-corrected chi connectivity index (χ1v) is 7.91. The number of nitrogens with zero attached hydrogens (tertiary/aromatic N) is 1. The van der Waals surface area contributed by atoms with E-state index in [0.29, 0.717) is 11.5 Å². The fourth-order valence-corrected chi connectivity index (χ4v) is 3.12. The Kier molecular flexibility index (Phi) is 6.65. The summed E-state index contributed by atoms with van der Waals surface area (Å²) in [5, 5.41) is 3.67. The summed E-state index contributed by atoms with van der Waals surface area (Å²) in [5.41, 5.74) is 0.488. The Morgan fingerprint density at radius 1 is 1.28 bits per heavy atom. The SMILES string of the molecule is CCCCCC(C)(C)CN1CCC(NC(C)C)C1. The molecule has 1 atom stereocenters. The second-order valence-electron chi connectivity index (χ2n) is 7.16. The highest BCUT2D eigenvalue weighted by Gasteiger charge is 2.27. The van der Waals surface area contributed by atoms with Gasteiger partial charge in [-0.1, -0.05) is 53.9 Å². The molecule has 1 rings (SSSR count). The molecule has 0 bridgehead atoms. The molecular formula is C16H34N2. The molecule has 0 aromatic rings. The van der Waals surface area contributed by atoms with E-state index in [1.54, 1.807) is 0 Å². The summed E-state index contributed by atoms with van der Waals surface area (Å²) in [5.74, 6) is 0. The number of rotatable bonds is 8. The normalized spacial score (nSPS) is 22.0. The predicted molar refractivity (Wildman–Crippen MR) is 81.0 cm³/mol. The van der Waals surface area contributed by atoms with Crippen molar-refractivity contribution in [2.24, 2.45) is 5.41 Å². The van der Waals surface area contributed by atoms with Crippen LogP contribution in [0.15, 0.2) is 0 Å². The third kappa shape index (κ3) is 6.19. The van der Waals surface area contributed by atoms with Gasteiger partial charge >= 0.3 is 0 Å². The van der Waals surface area contributed by atoms with E-state index in [0.717, 1.165) is 6.04 Å². The molecule has 1 aliphatic rings. The van der Waals surface area contributed by atoms with E-state index < -0.39 is 0 Å². The van der Waals surface area contributed by atoms with E-state index in [1.165, 1.54) is 51.7 Å². The van der Waals surface area contributed by atoms with Crippen LogP contribution in [0.5, 0.6) is 0 Å². The van der Waals surface area contributed by atoms with E-state index >= 15 is 0 Å². The van der Waals surface area contributed by atoms with Crippen LogP contribution in [-0.2, 0) is 0 Å². The summed E-state index contributed by atoms with van der Waals surface area (Å²) in [6.45, 7) is 15.5. The number of hydrogen-bond acceptors (Lipinski definition) is 2. The van der Waals surface area contributed by atoms with Crippen LogP contribution in [-0.4, -0.2) is 36.6 Å². The zero-order valence-corrected chi connectivity index (χ0v) is 13.3. The lowest BCUT2D eigenvalue weighted by Gasteiger charge is -2.30. The van der Waals surface area contributed by atoms with Gasteiger partial charge in [-0.2, -0.15) is 0 Å². The van der Waals surface area contributed by atoms with Gasteiger partial charge in [-0.15, -0.1) is 0 Å². The van der Waals surface area contributed by atoms with E-state index in [4.69, 9.17) is 0 Å². The molecule has 108 valence electrons. The van der Waals surface area contributed by atoms with Crippen molar-refractivity contribution in [2.45, 2.75) is 78.8 Å². The number of nitrogens with one attached hydrogen (secondary N) is 1. The maximum Gasteiger partial charge on any atom is 0.0209 e. The van der Waals surface area contributed by atoms with Crippen LogP contribution in [0.4, 0.5) is 0 Å². The summed E-state index contributed by atoms with van der Waals surface area (Å²) in [7, 11) is 0. The smallest absolute Gasteiger partial charge is 0.0209 e. The Bertz CT molecular complexity index is 223. The zero-order valence-electron chi connectivity index (χ0n) is 13.3. The van der Waals surface area contributed by atoms with Crippen molar-refractivity contribution in [2.75, 3.05) is 19.6 Å². The van der Waals surface area contributed by atoms with Crippen molar-refractivity contribution in [1.29, 1.82) is 0 Å². The standard InChI is InChI=1S/C16H34N2/c1-6-7-8-10-16(4,5)13-18-11-9-15(12-18)17-14(2)3/h14-15,17H,6-13H2,1-5H3. The van der Waals surface area contributed by atoms with Crippen LogP contribution < -0.4 is 5.32 Å². The Hall–Kier alpha value is -0.0800. The quantitative estimate of drug-likeness (QED) is 0.665. The molecule has 1 unspecified atom stereocenters. The third-order valence-corrected chi connectivity index (χ3v) is 3.95. The molecule has 1 aliphatic heterocycles. The minimum atomic E-state index is 0.488. The Morgan fingerprint density at radius 2 is 2.00 bits per heavy atom.